The van der Waals surface area contributed by atoms with Gasteiger partial charge in [0.1, 0.15) is 0 Å². The molecule has 1 aromatic carbocycles. The van der Waals surface area contributed by atoms with Crippen molar-refractivity contribution in [2.75, 3.05) is 19.6 Å². The summed E-state index contributed by atoms with van der Waals surface area (Å²) in [5.41, 5.74) is 7.12. The van der Waals surface area contributed by atoms with E-state index in [4.69, 9.17) is 17.3 Å². The maximum Gasteiger partial charge on any atom is 0.0406 e. The lowest BCUT2D eigenvalue weighted by Gasteiger charge is -2.27. The van der Waals surface area contributed by atoms with Crippen LogP contribution in [0.25, 0.3) is 0 Å². The Hall–Kier alpha value is -0.570. The van der Waals surface area contributed by atoms with E-state index < -0.39 is 0 Å². The normalized spacial score (nSPS) is 13.6. The van der Waals surface area contributed by atoms with Gasteiger partial charge in [-0.05, 0) is 36.7 Å². The Labute approximate surface area is 116 Å². The highest BCUT2D eigenvalue weighted by molar-refractivity contribution is 6.30. The fraction of sp³-hybridized carbons (Fsp3) is 0.600. The minimum atomic E-state index is 0.109. The first-order chi connectivity index (χ1) is 8.49. The van der Waals surface area contributed by atoms with Gasteiger partial charge < -0.3 is 11.1 Å². The molecule has 0 aromatic heterocycles. The van der Waals surface area contributed by atoms with Gasteiger partial charge in [0.15, 0.2) is 0 Å². The molecule has 0 aliphatic heterocycles. The second-order valence-corrected chi connectivity index (χ2v) is 5.97. The molecule has 0 saturated heterocycles. The predicted molar refractivity (Wildman–Crippen MR) is 80.2 cm³/mol. The highest BCUT2D eigenvalue weighted by atomic mass is 35.5. The molecular weight excluding hydrogens is 244 g/mol. The van der Waals surface area contributed by atoms with E-state index in [9.17, 15) is 0 Å². The Kier molecular flexibility index (Phi) is 6.13. The summed E-state index contributed by atoms with van der Waals surface area (Å²) in [4.78, 5) is 0. The molecule has 1 aromatic rings. The molecule has 0 bridgehead atoms. The molecule has 1 rings (SSSR count). The quantitative estimate of drug-likeness (QED) is 0.797. The molecule has 0 fully saturated rings. The van der Waals surface area contributed by atoms with Crippen molar-refractivity contribution in [3.63, 3.8) is 0 Å². The van der Waals surface area contributed by atoms with Gasteiger partial charge in [-0.3, -0.25) is 0 Å². The number of benzene rings is 1. The lowest BCUT2D eigenvalue weighted by Crippen LogP contribution is -2.37. The maximum absolute atomic E-state index is 5.92. The molecule has 0 spiro atoms. The number of hydrogen-bond donors (Lipinski definition) is 2. The van der Waals surface area contributed by atoms with Gasteiger partial charge in [0, 0.05) is 17.0 Å². The summed E-state index contributed by atoms with van der Waals surface area (Å²) in [5, 5.41) is 4.32. The number of rotatable bonds is 7. The number of hydrogen-bond acceptors (Lipinski definition) is 2. The van der Waals surface area contributed by atoms with Crippen molar-refractivity contribution >= 4 is 11.6 Å². The SMILES string of the molecule is CCC(CN)CNCC(C)(C)c1ccc(Cl)cc1. The molecule has 0 aliphatic rings. The fourth-order valence-corrected chi connectivity index (χ4v) is 2.11. The van der Waals surface area contributed by atoms with E-state index in [0.29, 0.717) is 5.92 Å². The van der Waals surface area contributed by atoms with Crippen LogP contribution >= 0.6 is 11.6 Å². The van der Waals surface area contributed by atoms with Crippen LogP contribution in [0.4, 0.5) is 0 Å². The summed E-state index contributed by atoms with van der Waals surface area (Å²) in [7, 11) is 0. The van der Waals surface area contributed by atoms with Crippen molar-refractivity contribution in [2.45, 2.75) is 32.6 Å². The zero-order valence-corrected chi connectivity index (χ0v) is 12.4. The van der Waals surface area contributed by atoms with Gasteiger partial charge in [0.05, 0.1) is 0 Å². The summed E-state index contributed by atoms with van der Waals surface area (Å²) >= 11 is 5.92. The highest BCUT2D eigenvalue weighted by Gasteiger charge is 2.20. The van der Waals surface area contributed by atoms with Crippen molar-refractivity contribution < 1.29 is 0 Å². The standard InChI is InChI=1S/C15H25ClN2/c1-4-12(9-17)10-18-11-15(2,3)13-5-7-14(16)8-6-13/h5-8,12,18H,4,9-11,17H2,1-3H3. The summed E-state index contributed by atoms with van der Waals surface area (Å²) < 4.78 is 0. The minimum absolute atomic E-state index is 0.109. The van der Waals surface area contributed by atoms with Gasteiger partial charge in [0.25, 0.3) is 0 Å². The van der Waals surface area contributed by atoms with Crippen molar-refractivity contribution in [3.8, 4) is 0 Å². The van der Waals surface area contributed by atoms with Crippen LogP contribution < -0.4 is 11.1 Å². The zero-order valence-electron chi connectivity index (χ0n) is 11.7. The van der Waals surface area contributed by atoms with Crippen molar-refractivity contribution in [2.24, 2.45) is 11.7 Å². The molecule has 3 N–H and O–H groups in total. The van der Waals surface area contributed by atoms with Crippen LogP contribution in [0.3, 0.4) is 0 Å². The molecule has 0 heterocycles. The maximum atomic E-state index is 5.92. The molecule has 18 heavy (non-hydrogen) atoms. The Morgan fingerprint density at radius 3 is 2.39 bits per heavy atom. The van der Waals surface area contributed by atoms with E-state index in [-0.39, 0.29) is 5.41 Å². The van der Waals surface area contributed by atoms with Crippen LogP contribution in [-0.4, -0.2) is 19.6 Å². The van der Waals surface area contributed by atoms with Crippen LogP contribution in [0.1, 0.15) is 32.8 Å². The van der Waals surface area contributed by atoms with Gasteiger partial charge in [-0.2, -0.15) is 0 Å². The molecule has 102 valence electrons. The molecule has 0 radical (unpaired) electrons. The summed E-state index contributed by atoms with van der Waals surface area (Å²) in [6.07, 6.45) is 1.13. The third kappa shape index (κ3) is 4.60. The van der Waals surface area contributed by atoms with Crippen LogP contribution in [0, 0.1) is 5.92 Å². The van der Waals surface area contributed by atoms with Gasteiger partial charge in [-0.25, -0.2) is 0 Å². The molecule has 0 aliphatic carbocycles. The van der Waals surface area contributed by atoms with E-state index in [1.807, 2.05) is 12.1 Å². The lowest BCUT2D eigenvalue weighted by molar-refractivity contribution is 0.415. The number of nitrogens with two attached hydrogens (primary N) is 1. The van der Waals surface area contributed by atoms with Crippen molar-refractivity contribution in [3.05, 3.63) is 34.9 Å². The smallest absolute Gasteiger partial charge is 0.0406 e. The Bertz CT molecular complexity index is 342. The monoisotopic (exact) mass is 268 g/mol. The second-order valence-electron chi connectivity index (χ2n) is 5.53. The highest BCUT2D eigenvalue weighted by Crippen LogP contribution is 2.23. The largest absolute Gasteiger partial charge is 0.330 e. The molecule has 1 unspecified atom stereocenters. The van der Waals surface area contributed by atoms with Crippen LogP contribution in [-0.2, 0) is 5.41 Å². The molecule has 1 atom stereocenters. The van der Waals surface area contributed by atoms with Crippen LogP contribution in [0.5, 0.6) is 0 Å². The third-order valence-electron chi connectivity index (χ3n) is 3.54. The van der Waals surface area contributed by atoms with E-state index in [1.165, 1.54) is 5.56 Å². The molecule has 0 amide bonds. The second kappa shape index (κ2) is 7.13. The van der Waals surface area contributed by atoms with Gasteiger partial charge in [0.2, 0.25) is 0 Å². The molecular formula is C15H25ClN2. The lowest BCUT2D eigenvalue weighted by atomic mass is 9.84. The van der Waals surface area contributed by atoms with E-state index in [0.717, 1.165) is 31.1 Å². The zero-order chi connectivity index (χ0) is 13.6. The first-order valence-electron chi connectivity index (χ1n) is 6.66. The predicted octanol–water partition coefficient (Wildman–Crippen LogP) is 3.19. The van der Waals surface area contributed by atoms with Gasteiger partial charge >= 0.3 is 0 Å². The van der Waals surface area contributed by atoms with E-state index in [2.05, 4.69) is 38.2 Å². The fourth-order valence-electron chi connectivity index (χ4n) is 1.99. The Morgan fingerprint density at radius 2 is 1.89 bits per heavy atom. The Morgan fingerprint density at radius 1 is 1.28 bits per heavy atom. The van der Waals surface area contributed by atoms with Crippen molar-refractivity contribution in [1.82, 2.24) is 5.32 Å². The summed E-state index contributed by atoms with van der Waals surface area (Å²) in [6, 6.07) is 8.11. The average molecular weight is 269 g/mol. The topological polar surface area (TPSA) is 38.0 Å². The number of halogens is 1. The minimum Gasteiger partial charge on any atom is -0.330 e. The van der Waals surface area contributed by atoms with Gasteiger partial charge in [-0.1, -0.05) is 50.9 Å². The number of nitrogens with one attached hydrogen (secondary N) is 1. The molecule has 0 saturated carbocycles. The third-order valence-corrected chi connectivity index (χ3v) is 3.79. The van der Waals surface area contributed by atoms with Crippen molar-refractivity contribution in [1.29, 1.82) is 0 Å². The first kappa shape index (κ1) is 15.5. The van der Waals surface area contributed by atoms with Crippen LogP contribution in [0.15, 0.2) is 24.3 Å². The Balaban J connectivity index is 2.51. The molecule has 2 nitrogen and oxygen atoms in total. The summed E-state index contributed by atoms with van der Waals surface area (Å²) in [6.45, 7) is 9.36. The van der Waals surface area contributed by atoms with E-state index in [1.54, 1.807) is 0 Å². The first-order valence-corrected chi connectivity index (χ1v) is 7.04. The average Bonchev–Trinajstić information content (AvgIpc) is 2.35. The molecule has 3 heteroatoms. The van der Waals surface area contributed by atoms with E-state index >= 15 is 0 Å². The summed E-state index contributed by atoms with van der Waals surface area (Å²) in [5.74, 6) is 0.575. The van der Waals surface area contributed by atoms with Crippen LogP contribution in [0.2, 0.25) is 5.02 Å². The van der Waals surface area contributed by atoms with Gasteiger partial charge in [-0.15, -0.1) is 0 Å².